The second kappa shape index (κ2) is 7.79. The van der Waals surface area contributed by atoms with E-state index in [1.165, 1.54) is 4.68 Å². The topological polar surface area (TPSA) is 74.9 Å². The number of amides is 1. The molecule has 0 aliphatic carbocycles. The average molecular weight is 346 g/mol. The Hall–Kier alpha value is -2.19. The SMILES string of the molecule is CCC(C)NC(=O)CN1CCN(Cn2nc3ccccn3c2=O)CC1. The monoisotopic (exact) mass is 346 g/mol. The van der Waals surface area contributed by atoms with E-state index in [0.29, 0.717) is 18.9 Å². The first kappa shape index (κ1) is 17.6. The van der Waals surface area contributed by atoms with Crippen molar-refractivity contribution in [3.63, 3.8) is 0 Å². The number of carbonyl (C=O) groups is 1. The molecule has 3 heterocycles. The number of fused-ring (bicyclic) bond motifs is 1. The van der Waals surface area contributed by atoms with Crippen molar-refractivity contribution >= 4 is 11.6 Å². The molecule has 136 valence electrons. The molecule has 1 aliphatic rings. The predicted molar refractivity (Wildman–Crippen MR) is 95.4 cm³/mol. The fourth-order valence-corrected chi connectivity index (χ4v) is 2.96. The normalized spacial score (nSPS) is 17.7. The number of aromatic nitrogens is 3. The molecule has 1 unspecified atom stereocenters. The largest absolute Gasteiger partial charge is 0.353 e. The average Bonchev–Trinajstić information content (AvgIpc) is 2.92. The van der Waals surface area contributed by atoms with Crippen LogP contribution in [-0.2, 0) is 11.5 Å². The molecular weight excluding hydrogens is 320 g/mol. The first-order chi connectivity index (χ1) is 12.1. The number of nitrogens with zero attached hydrogens (tertiary/aromatic N) is 5. The molecule has 3 rings (SSSR count). The van der Waals surface area contributed by atoms with Gasteiger partial charge in [-0.25, -0.2) is 4.79 Å². The quantitative estimate of drug-likeness (QED) is 0.796. The lowest BCUT2D eigenvalue weighted by Crippen LogP contribution is -2.51. The van der Waals surface area contributed by atoms with Crippen molar-refractivity contribution < 1.29 is 4.79 Å². The highest BCUT2D eigenvalue weighted by molar-refractivity contribution is 5.78. The standard InChI is InChI=1S/C17H26N6O2/c1-3-14(2)18-16(24)12-20-8-10-21(11-9-20)13-23-17(25)22-7-5-4-6-15(22)19-23/h4-7,14H,3,8-13H2,1-2H3,(H,18,24). The van der Waals surface area contributed by atoms with E-state index in [9.17, 15) is 9.59 Å². The maximum Gasteiger partial charge on any atom is 0.351 e. The van der Waals surface area contributed by atoms with Crippen molar-refractivity contribution in [2.24, 2.45) is 0 Å². The van der Waals surface area contributed by atoms with Crippen molar-refractivity contribution in [3.05, 3.63) is 34.9 Å². The minimum atomic E-state index is -0.119. The van der Waals surface area contributed by atoms with Gasteiger partial charge in [-0.15, -0.1) is 5.10 Å². The minimum absolute atomic E-state index is 0.0828. The van der Waals surface area contributed by atoms with Crippen molar-refractivity contribution in [1.29, 1.82) is 0 Å². The van der Waals surface area contributed by atoms with Gasteiger partial charge in [0.05, 0.1) is 13.2 Å². The Morgan fingerprint density at radius 3 is 2.64 bits per heavy atom. The van der Waals surface area contributed by atoms with Crippen LogP contribution in [0, 0.1) is 0 Å². The van der Waals surface area contributed by atoms with E-state index in [1.54, 1.807) is 10.6 Å². The first-order valence-corrected chi connectivity index (χ1v) is 8.85. The fraction of sp³-hybridized carbons (Fsp3) is 0.588. The summed E-state index contributed by atoms with van der Waals surface area (Å²) in [7, 11) is 0. The molecule has 1 saturated heterocycles. The van der Waals surface area contributed by atoms with Crippen molar-refractivity contribution in [3.8, 4) is 0 Å². The van der Waals surface area contributed by atoms with Crippen LogP contribution in [0.4, 0.5) is 0 Å². The number of hydrogen-bond donors (Lipinski definition) is 1. The Morgan fingerprint density at radius 2 is 1.96 bits per heavy atom. The van der Waals surface area contributed by atoms with Gasteiger partial charge in [0.1, 0.15) is 0 Å². The predicted octanol–water partition coefficient (Wildman–Crippen LogP) is -0.0142. The Morgan fingerprint density at radius 1 is 1.24 bits per heavy atom. The third kappa shape index (κ3) is 4.26. The summed E-state index contributed by atoms with van der Waals surface area (Å²) >= 11 is 0. The third-order valence-corrected chi connectivity index (χ3v) is 4.67. The summed E-state index contributed by atoms with van der Waals surface area (Å²) in [6, 6.07) is 5.74. The van der Waals surface area contributed by atoms with Gasteiger partial charge in [0.25, 0.3) is 0 Å². The van der Waals surface area contributed by atoms with Crippen molar-refractivity contribution in [2.45, 2.75) is 33.0 Å². The van der Waals surface area contributed by atoms with Crippen molar-refractivity contribution in [2.75, 3.05) is 32.7 Å². The molecule has 1 aliphatic heterocycles. The van der Waals surface area contributed by atoms with Gasteiger partial charge in [0, 0.05) is 38.4 Å². The van der Waals surface area contributed by atoms with Crippen LogP contribution in [0.25, 0.3) is 5.65 Å². The molecular formula is C17H26N6O2. The molecule has 2 aromatic heterocycles. The zero-order chi connectivity index (χ0) is 17.8. The number of rotatable bonds is 6. The summed E-state index contributed by atoms with van der Waals surface area (Å²) in [5.41, 5.74) is 0.541. The fourth-order valence-electron chi connectivity index (χ4n) is 2.96. The van der Waals surface area contributed by atoms with Gasteiger partial charge in [0.2, 0.25) is 5.91 Å². The van der Waals surface area contributed by atoms with Gasteiger partial charge in [-0.3, -0.25) is 19.0 Å². The Bertz CT molecular complexity index is 775. The summed E-state index contributed by atoms with van der Waals surface area (Å²) in [4.78, 5) is 28.6. The van der Waals surface area contributed by atoms with E-state index in [4.69, 9.17) is 0 Å². The molecule has 2 aromatic rings. The lowest BCUT2D eigenvalue weighted by atomic mass is 10.2. The highest BCUT2D eigenvalue weighted by Gasteiger charge is 2.20. The number of nitrogens with one attached hydrogen (secondary N) is 1. The molecule has 25 heavy (non-hydrogen) atoms. The molecule has 1 N–H and O–H groups in total. The van der Waals surface area contributed by atoms with Gasteiger partial charge < -0.3 is 5.32 Å². The van der Waals surface area contributed by atoms with Crippen LogP contribution in [0.5, 0.6) is 0 Å². The molecule has 0 spiro atoms. The second-order valence-corrected chi connectivity index (χ2v) is 6.62. The molecule has 0 saturated carbocycles. The molecule has 1 atom stereocenters. The zero-order valence-electron chi connectivity index (χ0n) is 14.9. The number of pyridine rings is 1. The third-order valence-electron chi connectivity index (χ3n) is 4.67. The Kier molecular flexibility index (Phi) is 5.50. The van der Waals surface area contributed by atoms with Gasteiger partial charge in [-0.05, 0) is 25.5 Å². The second-order valence-electron chi connectivity index (χ2n) is 6.62. The van der Waals surface area contributed by atoms with Crippen LogP contribution < -0.4 is 11.0 Å². The summed E-state index contributed by atoms with van der Waals surface area (Å²) < 4.78 is 3.05. The van der Waals surface area contributed by atoms with E-state index in [-0.39, 0.29) is 17.6 Å². The zero-order valence-corrected chi connectivity index (χ0v) is 14.9. The van der Waals surface area contributed by atoms with Gasteiger partial charge >= 0.3 is 5.69 Å². The van der Waals surface area contributed by atoms with E-state index in [2.05, 4.69) is 27.1 Å². The van der Waals surface area contributed by atoms with Crippen molar-refractivity contribution in [1.82, 2.24) is 29.3 Å². The highest BCUT2D eigenvalue weighted by atomic mass is 16.2. The highest BCUT2D eigenvalue weighted by Crippen LogP contribution is 2.03. The van der Waals surface area contributed by atoms with Crippen LogP contribution in [0.2, 0.25) is 0 Å². The van der Waals surface area contributed by atoms with Crippen LogP contribution in [0.1, 0.15) is 20.3 Å². The summed E-state index contributed by atoms with van der Waals surface area (Å²) in [6.45, 7) is 8.26. The molecule has 1 amide bonds. The van der Waals surface area contributed by atoms with Crippen LogP contribution >= 0.6 is 0 Å². The van der Waals surface area contributed by atoms with Crippen LogP contribution in [0.3, 0.4) is 0 Å². The first-order valence-electron chi connectivity index (χ1n) is 8.85. The van der Waals surface area contributed by atoms with Gasteiger partial charge in [-0.1, -0.05) is 13.0 Å². The molecule has 0 aromatic carbocycles. The lowest BCUT2D eigenvalue weighted by molar-refractivity contribution is -0.123. The van der Waals surface area contributed by atoms with E-state index < -0.39 is 0 Å². The summed E-state index contributed by atoms with van der Waals surface area (Å²) in [5.74, 6) is 0.0828. The Balaban J connectivity index is 1.51. The number of hydrogen-bond acceptors (Lipinski definition) is 5. The van der Waals surface area contributed by atoms with Crippen LogP contribution in [-0.4, -0.2) is 68.7 Å². The molecule has 0 radical (unpaired) electrons. The number of piperazine rings is 1. The molecule has 0 bridgehead atoms. The van der Waals surface area contributed by atoms with E-state index >= 15 is 0 Å². The van der Waals surface area contributed by atoms with Crippen LogP contribution in [0.15, 0.2) is 29.2 Å². The maximum atomic E-state index is 12.3. The molecule has 8 nitrogen and oxygen atoms in total. The van der Waals surface area contributed by atoms with E-state index in [0.717, 1.165) is 32.6 Å². The van der Waals surface area contributed by atoms with Gasteiger partial charge in [-0.2, -0.15) is 4.68 Å². The maximum absolute atomic E-state index is 12.3. The number of carbonyl (C=O) groups excluding carboxylic acids is 1. The van der Waals surface area contributed by atoms with E-state index in [1.807, 2.05) is 25.1 Å². The summed E-state index contributed by atoms with van der Waals surface area (Å²) in [6.07, 6.45) is 2.67. The summed E-state index contributed by atoms with van der Waals surface area (Å²) in [5, 5.41) is 7.36. The smallest absolute Gasteiger partial charge is 0.351 e. The molecule has 1 fully saturated rings. The minimum Gasteiger partial charge on any atom is -0.353 e. The lowest BCUT2D eigenvalue weighted by Gasteiger charge is -2.34. The molecule has 8 heteroatoms. The van der Waals surface area contributed by atoms with Gasteiger partial charge in [0.15, 0.2) is 5.65 Å². The Labute approximate surface area is 147 Å².